The van der Waals surface area contributed by atoms with Gasteiger partial charge in [0.15, 0.2) is 11.6 Å². The number of nitrogens with zero attached hydrogens (tertiary/aromatic N) is 4. The molecule has 0 fully saturated rings. The standard InChI is InChI=1S/C27H25N7O2/c1-29-27(35)30-15-19-9-5-11-21(13-19)26-32-25(28)24-23(31-17-34(24)33-26)20-10-6-12-22(14-20)36-16-18-7-3-2-4-8-18/h2-14,17H,15-16H2,1H3,(H2,28,32,33)(H2,29,30,35). The highest BCUT2D eigenvalue weighted by Crippen LogP contribution is 2.30. The normalized spacial score (nSPS) is 10.8. The zero-order valence-corrected chi connectivity index (χ0v) is 19.7. The molecule has 9 nitrogen and oxygen atoms in total. The van der Waals surface area contributed by atoms with Crippen molar-refractivity contribution in [3.05, 3.63) is 96.3 Å². The fraction of sp³-hybridized carbons (Fsp3) is 0.111. The summed E-state index contributed by atoms with van der Waals surface area (Å²) >= 11 is 0. The Morgan fingerprint density at radius 3 is 2.58 bits per heavy atom. The van der Waals surface area contributed by atoms with Crippen molar-refractivity contribution < 1.29 is 9.53 Å². The molecule has 0 aliphatic heterocycles. The van der Waals surface area contributed by atoms with Gasteiger partial charge in [-0.15, -0.1) is 5.10 Å². The summed E-state index contributed by atoms with van der Waals surface area (Å²) in [6.45, 7) is 0.851. The number of nitrogens with two attached hydrogens (primary N) is 1. The van der Waals surface area contributed by atoms with Gasteiger partial charge in [-0.1, -0.05) is 60.7 Å². The predicted octanol–water partition coefficient (Wildman–Crippen LogP) is 4.05. The molecule has 0 spiro atoms. The van der Waals surface area contributed by atoms with Gasteiger partial charge in [-0.2, -0.15) is 0 Å². The number of ether oxygens (including phenoxy) is 1. The quantitative estimate of drug-likeness (QED) is 0.324. The van der Waals surface area contributed by atoms with Gasteiger partial charge in [0.25, 0.3) is 0 Å². The van der Waals surface area contributed by atoms with Crippen LogP contribution in [0.3, 0.4) is 0 Å². The van der Waals surface area contributed by atoms with Gasteiger partial charge in [-0.25, -0.2) is 19.3 Å². The van der Waals surface area contributed by atoms with Crippen LogP contribution in [-0.4, -0.2) is 32.7 Å². The van der Waals surface area contributed by atoms with E-state index in [0.717, 1.165) is 28.0 Å². The number of fused-ring (bicyclic) bond motifs is 1. The minimum Gasteiger partial charge on any atom is -0.489 e. The van der Waals surface area contributed by atoms with Crippen LogP contribution >= 0.6 is 0 Å². The predicted molar refractivity (Wildman–Crippen MR) is 138 cm³/mol. The second kappa shape index (κ2) is 10.1. The van der Waals surface area contributed by atoms with Crippen LogP contribution in [-0.2, 0) is 13.2 Å². The molecule has 0 radical (unpaired) electrons. The maximum absolute atomic E-state index is 11.5. The van der Waals surface area contributed by atoms with Crippen molar-refractivity contribution in [2.45, 2.75) is 13.2 Å². The third-order valence-corrected chi connectivity index (χ3v) is 5.64. The van der Waals surface area contributed by atoms with E-state index < -0.39 is 0 Å². The van der Waals surface area contributed by atoms with E-state index in [0.29, 0.717) is 36.0 Å². The monoisotopic (exact) mass is 479 g/mol. The lowest BCUT2D eigenvalue weighted by molar-refractivity contribution is 0.242. The van der Waals surface area contributed by atoms with Gasteiger partial charge in [0.05, 0.1) is 0 Å². The Balaban J connectivity index is 1.41. The molecule has 0 bridgehead atoms. The smallest absolute Gasteiger partial charge is 0.314 e. The van der Waals surface area contributed by atoms with Crippen molar-refractivity contribution in [1.29, 1.82) is 0 Å². The maximum Gasteiger partial charge on any atom is 0.314 e. The van der Waals surface area contributed by atoms with E-state index in [1.165, 1.54) is 0 Å². The highest BCUT2D eigenvalue weighted by Gasteiger charge is 2.15. The van der Waals surface area contributed by atoms with Crippen LogP contribution in [0, 0.1) is 0 Å². The number of benzene rings is 3. The molecule has 2 heterocycles. The topological polar surface area (TPSA) is 119 Å². The lowest BCUT2D eigenvalue weighted by Gasteiger charge is -2.09. The summed E-state index contributed by atoms with van der Waals surface area (Å²) in [5.74, 6) is 1.51. The minimum atomic E-state index is -0.247. The number of urea groups is 1. The fourth-order valence-corrected chi connectivity index (χ4v) is 3.84. The van der Waals surface area contributed by atoms with E-state index in [4.69, 9.17) is 10.5 Å². The Labute approximate surface area is 208 Å². The second-order valence-corrected chi connectivity index (χ2v) is 8.14. The molecule has 36 heavy (non-hydrogen) atoms. The number of rotatable bonds is 7. The number of nitrogen functional groups attached to an aromatic ring is 1. The molecule has 0 saturated carbocycles. The van der Waals surface area contributed by atoms with Gasteiger partial charge in [-0.05, 0) is 29.3 Å². The molecule has 0 aliphatic carbocycles. The van der Waals surface area contributed by atoms with Crippen molar-refractivity contribution in [3.8, 4) is 28.4 Å². The zero-order valence-electron chi connectivity index (χ0n) is 19.7. The highest BCUT2D eigenvalue weighted by atomic mass is 16.5. The molecule has 9 heteroatoms. The average molecular weight is 480 g/mol. The Hall–Kier alpha value is -4.92. The second-order valence-electron chi connectivity index (χ2n) is 8.14. The zero-order chi connectivity index (χ0) is 24.9. The molecule has 180 valence electrons. The number of hydrogen-bond donors (Lipinski definition) is 3. The summed E-state index contributed by atoms with van der Waals surface area (Å²) in [4.78, 5) is 20.6. The first-order chi connectivity index (χ1) is 17.6. The molecule has 4 N–H and O–H groups in total. The molecule has 2 amide bonds. The van der Waals surface area contributed by atoms with Crippen LogP contribution in [0.5, 0.6) is 5.75 Å². The first kappa shape index (κ1) is 22.9. The van der Waals surface area contributed by atoms with Gasteiger partial charge >= 0.3 is 6.03 Å². The van der Waals surface area contributed by atoms with Gasteiger partial charge in [0, 0.05) is 24.7 Å². The van der Waals surface area contributed by atoms with Gasteiger partial charge in [0.1, 0.15) is 29.9 Å². The van der Waals surface area contributed by atoms with Gasteiger partial charge < -0.3 is 21.1 Å². The number of amides is 2. The van der Waals surface area contributed by atoms with E-state index >= 15 is 0 Å². The molecule has 0 atom stereocenters. The third-order valence-electron chi connectivity index (χ3n) is 5.64. The Morgan fingerprint density at radius 1 is 0.972 bits per heavy atom. The molecule has 3 aromatic carbocycles. The summed E-state index contributed by atoms with van der Waals surface area (Å²) in [5.41, 5.74) is 11.3. The highest BCUT2D eigenvalue weighted by molar-refractivity contribution is 5.85. The van der Waals surface area contributed by atoms with Crippen LogP contribution in [0.4, 0.5) is 10.6 Å². The maximum atomic E-state index is 11.5. The first-order valence-electron chi connectivity index (χ1n) is 11.4. The Morgan fingerprint density at radius 2 is 1.75 bits per heavy atom. The van der Waals surface area contributed by atoms with E-state index in [2.05, 4.69) is 25.7 Å². The number of aromatic nitrogens is 4. The molecule has 5 rings (SSSR count). The minimum absolute atomic E-state index is 0.247. The molecular formula is C27H25N7O2. The van der Waals surface area contributed by atoms with Crippen molar-refractivity contribution in [2.24, 2.45) is 0 Å². The molecular weight excluding hydrogens is 454 g/mol. The van der Waals surface area contributed by atoms with Crippen LogP contribution in [0.15, 0.2) is 85.2 Å². The number of carbonyl (C=O) groups excluding carboxylic acids is 1. The van der Waals surface area contributed by atoms with E-state index in [9.17, 15) is 4.79 Å². The van der Waals surface area contributed by atoms with Crippen molar-refractivity contribution in [2.75, 3.05) is 12.8 Å². The summed E-state index contributed by atoms with van der Waals surface area (Å²) in [5, 5.41) is 9.94. The summed E-state index contributed by atoms with van der Waals surface area (Å²) in [7, 11) is 1.57. The molecule has 0 unspecified atom stereocenters. The molecule has 0 saturated heterocycles. The molecule has 0 aliphatic rings. The van der Waals surface area contributed by atoms with E-state index in [1.54, 1.807) is 17.9 Å². The third kappa shape index (κ3) is 4.95. The van der Waals surface area contributed by atoms with Crippen LogP contribution < -0.4 is 21.1 Å². The lowest BCUT2D eigenvalue weighted by atomic mass is 10.1. The molecule has 5 aromatic rings. The van der Waals surface area contributed by atoms with Gasteiger partial charge in [0.2, 0.25) is 0 Å². The van der Waals surface area contributed by atoms with E-state index in [1.807, 2.05) is 78.9 Å². The number of anilines is 1. The van der Waals surface area contributed by atoms with Crippen LogP contribution in [0.1, 0.15) is 11.1 Å². The fourth-order valence-electron chi connectivity index (χ4n) is 3.84. The number of nitrogens with one attached hydrogen (secondary N) is 2. The Kier molecular flexibility index (Phi) is 6.44. The van der Waals surface area contributed by atoms with Crippen molar-refractivity contribution in [1.82, 2.24) is 30.2 Å². The van der Waals surface area contributed by atoms with Crippen molar-refractivity contribution >= 4 is 17.4 Å². The number of imidazole rings is 1. The lowest BCUT2D eigenvalue weighted by Crippen LogP contribution is -2.32. The van der Waals surface area contributed by atoms with Crippen LogP contribution in [0.25, 0.3) is 28.2 Å². The SMILES string of the molecule is CNC(=O)NCc1cccc(-c2nc(N)c3c(-c4cccc(OCc5ccccc5)c4)ncn3n2)c1. The number of carbonyl (C=O) groups is 1. The summed E-state index contributed by atoms with van der Waals surface area (Å²) < 4.78 is 7.61. The molecule has 2 aromatic heterocycles. The first-order valence-corrected chi connectivity index (χ1v) is 11.4. The Bertz CT molecular complexity index is 1520. The summed E-state index contributed by atoms with van der Waals surface area (Å²) in [6.07, 6.45) is 1.63. The van der Waals surface area contributed by atoms with Gasteiger partial charge in [-0.3, -0.25) is 0 Å². The number of hydrogen-bond acceptors (Lipinski definition) is 6. The van der Waals surface area contributed by atoms with Crippen molar-refractivity contribution in [3.63, 3.8) is 0 Å². The van der Waals surface area contributed by atoms with E-state index in [-0.39, 0.29) is 6.03 Å². The summed E-state index contributed by atoms with van der Waals surface area (Å²) in [6, 6.07) is 25.1. The average Bonchev–Trinajstić information content (AvgIpc) is 3.36. The van der Waals surface area contributed by atoms with Crippen LogP contribution in [0.2, 0.25) is 0 Å². The largest absolute Gasteiger partial charge is 0.489 e.